The number of rotatable bonds is 5. The first-order valence-corrected chi connectivity index (χ1v) is 8.31. The molecule has 1 amide bonds. The Morgan fingerprint density at radius 1 is 1.04 bits per heavy atom. The van der Waals surface area contributed by atoms with Gasteiger partial charge >= 0.3 is 0 Å². The Balaban J connectivity index is 1.91. The van der Waals surface area contributed by atoms with Gasteiger partial charge in [0.25, 0.3) is 0 Å². The van der Waals surface area contributed by atoms with Crippen LogP contribution in [-0.2, 0) is 11.2 Å². The molecule has 0 aliphatic rings. The third-order valence-electron chi connectivity index (χ3n) is 3.96. The van der Waals surface area contributed by atoms with Crippen molar-refractivity contribution in [3.05, 3.63) is 94.8 Å². The Kier molecular flexibility index (Phi) is 5.58. The van der Waals surface area contributed by atoms with Gasteiger partial charge < -0.3 is 5.32 Å². The lowest BCUT2D eigenvalue weighted by molar-refractivity contribution is -0.117. The van der Waals surface area contributed by atoms with Crippen LogP contribution in [0.1, 0.15) is 17.0 Å². The highest BCUT2D eigenvalue weighted by Gasteiger charge is 2.23. The normalized spacial score (nSPS) is 11.8. The van der Waals surface area contributed by atoms with E-state index in [1.165, 1.54) is 6.07 Å². The number of anilines is 1. The molecule has 3 aromatic rings. The van der Waals surface area contributed by atoms with Gasteiger partial charge in [0.15, 0.2) is 0 Å². The van der Waals surface area contributed by atoms with Crippen LogP contribution >= 0.6 is 11.6 Å². The number of aromatic nitrogens is 1. The monoisotopic (exact) mass is 372 g/mol. The summed E-state index contributed by atoms with van der Waals surface area (Å²) in [4.78, 5) is 16.9. The number of amides is 1. The van der Waals surface area contributed by atoms with Crippen LogP contribution in [-0.4, -0.2) is 10.9 Å². The lowest BCUT2D eigenvalue weighted by atomic mass is 9.91. The molecule has 0 bridgehead atoms. The van der Waals surface area contributed by atoms with E-state index in [-0.39, 0.29) is 0 Å². The van der Waals surface area contributed by atoms with Gasteiger partial charge in [-0.2, -0.15) is 0 Å². The van der Waals surface area contributed by atoms with Crippen molar-refractivity contribution in [1.82, 2.24) is 4.98 Å². The fourth-order valence-electron chi connectivity index (χ4n) is 2.64. The largest absolute Gasteiger partial charge is 0.321 e. The fraction of sp³-hybridized carbons (Fsp3) is 0.100. The summed E-state index contributed by atoms with van der Waals surface area (Å²) in [6.07, 6.45) is 3.62. The minimum Gasteiger partial charge on any atom is -0.321 e. The topological polar surface area (TPSA) is 42.0 Å². The van der Waals surface area contributed by atoms with Crippen molar-refractivity contribution < 1.29 is 13.6 Å². The molecule has 1 N–H and O–H groups in total. The van der Waals surface area contributed by atoms with Gasteiger partial charge in [0.1, 0.15) is 17.3 Å². The highest BCUT2D eigenvalue weighted by molar-refractivity contribution is 6.30. The van der Waals surface area contributed by atoms with Crippen molar-refractivity contribution in [2.75, 3.05) is 5.32 Å². The van der Waals surface area contributed by atoms with E-state index in [4.69, 9.17) is 11.6 Å². The Labute approximate surface area is 154 Å². The van der Waals surface area contributed by atoms with Gasteiger partial charge in [-0.25, -0.2) is 8.78 Å². The molecule has 0 aliphatic carbocycles. The molecular weight excluding hydrogens is 358 g/mol. The number of nitrogens with one attached hydrogen (secondary N) is 1. The average Bonchev–Trinajstić information content (AvgIpc) is 2.64. The molecule has 0 aliphatic heterocycles. The molecule has 1 unspecified atom stereocenters. The Morgan fingerprint density at radius 2 is 1.73 bits per heavy atom. The van der Waals surface area contributed by atoms with Crippen molar-refractivity contribution in [2.45, 2.75) is 12.3 Å². The van der Waals surface area contributed by atoms with Crippen molar-refractivity contribution in [3.8, 4) is 0 Å². The first kappa shape index (κ1) is 18.0. The summed E-state index contributed by atoms with van der Waals surface area (Å²) in [5.74, 6) is -2.82. The minimum atomic E-state index is -0.824. The van der Waals surface area contributed by atoms with Gasteiger partial charge in [0.2, 0.25) is 5.91 Å². The summed E-state index contributed by atoms with van der Waals surface area (Å²) in [6, 6.07) is 13.8. The maximum atomic E-state index is 13.9. The van der Waals surface area contributed by atoms with Crippen LogP contribution in [0.3, 0.4) is 0 Å². The van der Waals surface area contributed by atoms with Gasteiger partial charge in [-0.05, 0) is 47.9 Å². The van der Waals surface area contributed by atoms with Gasteiger partial charge in [-0.1, -0.05) is 35.9 Å². The zero-order valence-electron chi connectivity index (χ0n) is 13.6. The molecule has 1 heterocycles. The van der Waals surface area contributed by atoms with Gasteiger partial charge in [0.05, 0.1) is 5.92 Å². The molecule has 0 radical (unpaired) electrons. The molecule has 132 valence electrons. The zero-order chi connectivity index (χ0) is 18.5. The zero-order valence-corrected chi connectivity index (χ0v) is 14.4. The van der Waals surface area contributed by atoms with E-state index in [1.54, 1.807) is 42.7 Å². The Morgan fingerprint density at radius 3 is 2.35 bits per heavy atom. The fourth-order valence-corrected chi connectivity index (χ4v) is 2.77. The number of benzene rings is 2. The molecule has 6 heteroatoms. The van der Waals surface area contributed by atoms with E-state index in [0.717, 1.165) is 17.7 Å². The molecule has 3 nitrogen and oxygen atoms in total. The molecule has 0 saturated heterocycles. The predicted octanol–water partition coefficient (Wildman–Crippen LogP) is 4.98. The lowest BCUT2D eigenvalue weighted by Gasteiger charge is -2.18. The van der Waals surface area contributed by atoms with Crippen molar-refractivity contribution in [1.29, 1.82) is 0 Å². The van der Waals surface area contributed by atoms with Crippen LogP contribution in [0.15, 0.2) is 67.0 Å². The summed E-state index contributed by atoms with van der Waals surface area (Å²) in [6.45, 7) is 0. The summed E-state index contributed by atoms with van der Waals surface area (Å²) < 4.78 is 27.7. The summed E-state index contributed by atoms with van der Waals surface area (Å²) in [5.41, 5.74) is 1.06. The minimum absolute atomic E-state index is 0.331. The van der Waals surface area contributed by atoms with Crippen LogP contribution in [0, 0.1) is 11.6 Å². The second-order valence-corrected chi connectivity index (χ2v) is 6.19. The van der Waals surface area contributed by atoms with E-state index >= 15 is 0 Å². The van der Waals surface area contributed by atoms with E-state index in [1.807, 2.05) is 6.07 Å². The van der Waals surface area contributed by atoms with Gasteiger partial charge in [-0.15, -0.1) is 0 Å². The van der Waals surface area contributed by atoms with Crippen LogP contribution in [0.5, 0.6) is 0 Å². The lowest BCUT2D eigenvalue weighted by Crippen LogP contribution is -2.24. The summed E-state index contributed by atoms with van der Waals surface area (Å²) in [7, 11) is 0. The molecule has 0 saturated carbocycles. The number of carbonyl (C=O) groups excluding carboxylic acids is 1. The first-order valence-electron chi connectivity index (χ1n) is 7.94. The number of para-hydroxylation sites is 1. The summed E-state index contributed by atoms with van der Waals surface area (Å²) in [5, 5.41) is 2.91. The highest BCUT2D eigenvalue weighted by Crippen LogP contribution is 2.26. The second-order valence-electron chi connectivity index (χ2n) is 5.76. The molecular formula is C20H15ClF2N2O. The van der Waals surface area contributed by atoms with Crippen molar-refractivity contribution >= 4 is 23.2 Å². The first-order chi connectivity index (χ1) is 12.5. The van der Waals surface area contributed by atoms with Crippen LogP contribution in [0.2, 0.25) is 5.02 Å². The van der Waals surface area contributed by atoms with Crippen LogP contribution < -0.4 is 5.32 Å². The molecule has 1 aromatic heterocycles. The number of carbonyl (C=O) groups is 1. The van der Waals surface area contributed by atoms with E-state index in [9.17, 15) is 13.6 Å². The molecule has 3 rings (SSSR count). The standard InChI is InChI=1S/C20H15ClF2N2O/c21-15-8-6-14(7-9-15)16(11-13-3-2-10-24-12-13)20(26)25-19-17(22)4-1-5-18(19)23/h1-10,12,16H,11H2,(H,25,26). The Bertz CT molecular complexity index is 881. The van der Waals surface area contributed by atoms with Crippen molar-refractivity contribution in [2.24, 2.45) is 0 Å². The number of halogens is 3. The second kappa shape index (κ2) is 8.06. The van der Waals surface area contributed by atoms with Gasteiger partial charge in [0, 0.05) is 17.4 Å². The maximum Gasteiger partial charge on any atom is 0.232 e. The predicted molar refractivity (Wildman–Crippen MR) is 97.1 cm³/mol. The Hall–Kier alpha value is -2.79. The molecule has 1 atom stereocenters. The molecule has 2 aromatic carbocycles. The van der Waals surface area contributed by atoms with E-state index in [0.29, 0.717) is 17.0 Å². The number of nitrogens with zero attached hydrogens (tertiary/aromatic N) is 1. The molecule has 0 spiro atoms. The third kappa shape index (κ3) is 4.24. The SMILES string of the molecule is O=C(Nc1c(F)cccc1F)C(Cc1cccnc1)c1ccc(Cl)cc1. The maximum absolute atomic E-state index is 13.9. The average molecular weight is 373 g/mol. The van der Waals surface area contributed by atoms with E-state index in [2.05, 4.69) is 10.3 Å². The van der Waals surface area contributed by atoms with E-state index < -0.39 is 29.1 Å². The summed E-state index contributed by atoms with van der Waals surface area (Å²) >= 11 is 5.92. The van der Waals surface area contributed by atoms with Gasteiger partial charge in [-0.3, -0.25) is 9.78 Å². The number of pyridine rings is 1. The van der Waals surface area contributed by atoms with Crippen LogP contribution in [0.25, 0.3) is 0 Å². The quantitative estimate of drug-likeness (QED) is 0.686. The van der Waals surface area contributed by atoms with Crippen molar-refractivity contribution in [3.63, 3.8) is 0 Å². The van der Waals surface area contributed by atoms with Crippen LogP contribution in [0.4, 0.5) is 14.5 Å². The number of hydrogen-bond acceptors (Lipinski definition) is 2. The number of hydrogen-bond donors (Lipinski definition) is 1. The molecule has 0 fully saturated rings. The smallest absolute Gasteiger partial charge is 0.232 e. The third-order valence-corrected chi connectivity index (χ3v) is 4.21. The molecule has 26 heavy (non-hydrogen) atoms. The highest BCUT2D eigenvalue weighted by atomic mass is 35.5.